The number of ether oxygens (including phenoxy) is 1. The summed E-state index contributed by atoms with van der Waals surface area (Å²) in [6.07, 6.45) is 1.73. The van der Waals surface area contributed by atoms with Crippen LogP contribution in [0, 0.1) is 0 Å². The van der Waals surface area contributed by atoms with Crippen LogP contribution < -0.4 is 10.1 Å². The molecule has 5 rings (SSSR count). The zero-order valence-corrected chi connectivity index (χ0v) is 18.3. The third-order valence-electron chi connectivity index (χ3n) is 5.52. The van der Waals surface area contributed by atoms with E-state index >= 15 is 0 Å². The number of anilines is 1. The molecular formula is C29H22N2O3. The summed E-state index contributed by atoms with van der Waals surface area (Å²) >= 11 is 0. The lowest BCUT2D eigenvalue weighted by molar-refractivity contribution is 0.0963. The van der Waals surface area contributed by atoms with E-state index in [4.69, 9.17) is 4.74 Å². The Hall–Kier alpha value is -4.64. The quantitative estimate of drug-likeness (QED) is 0.340. The molecule has 0 saturated carbocycles. The van der Waals surface area contributed by atoms with E-state index in [2.05, 4.69) is 5.32 Å². The zero-order chi connectivity index (χ0) is 23.3. The molecule has 0 aliphatic carbocycles. The van der Waals surface area contributed by atoms with Crippen molar-refractivity contribution in [1.29, 1.82) is 0 Å². The lowest BCUT2D eigenvalue weighted by Gasteiger charge is -2.14. The second-order valence-electron chi connectivity index (χ2n) is 7.86. The first kappa shape index (κ1) is 21.2. The molecule has 5 heteroatoms. The van der Waals surface area contributed by atoms with Gasteiger partial charge >= 0.3 is 0 Å². The van der Waals surface area contributed by atoms with Crippen LogP contribution >= 0.6 is 0 Å². The summed E-state index contributed by atoms with van der Waals surface area (Å²) in [5, 5.41) is 3.74. The second-order valence-corrected chi connectivity index (χ2v) is 7.86. The van der Waals surface area contributed by atoms with Gasteiger partial charge in [-0.1, -0.05) is 66.7 Å². The van der Waals surface area contributed by atoms with Crippen LogP contribution in [0.15, 0.2) is 115 Å². The largest absolute Gasteiger partial charge is 0.487 e. The predicted molar refractivity (Wildman–Crippen MR) is 133 cm³/mol. The first-order chi connectivity index (χ1) is 16.7. The average molecular weight is 447 g/mol. The minimum absolute atomic E-state index is 0.152. The van der Waals surface area contributed by atoms with Gasteiger partial charge in [0, 0.05) is 34.5 Å². The molecule has 0 atom stereocenters. The number of nitrogens with one attached hydrogen (secondary N) is 1. The number of nitrogens with zero attached hydrogens (tertiary/aromatic N) is 1. The van der Waals surface area contributed by atoms with Crippen molar-refractivity contribution in [3.63, 3.8) is 0 Å². The molecule has 0 saturated heterocycles. The fourth-order valence-electron chi connectivity index (χ4n) is 3.84. The van der Waals surface area contributed by atoms with Gasteiger partial charge in [-0.05, 0) is 42.0 Å². The lowest BCUT2D eigenvalue weighted by atomic mass is 10.1. The van der Waals surface area contributed by atoms with E-state index in [0.29, 0.717) is 34.7 Å². The average Bonchev–Trinajstić information content (AvgIpc) is 3.32. The van der Waals surface area contributed by atoms with Crippen molar-refractivity contribution in [2.45, 2.75) is 6.61 Å². The first-order valence-corrected chi connectivity index (χ1v) is 11.0. The summed E-state index contributed by atoms with van der Waals surface area (Å²) in [6, 6.07) is 33.4. The number of hydrogen-bond acceptors (Lipinski definition) is 3. The summed E-state index contributed by atoms with van der Waals surface area (Å²) < 4.78 is 7.79. The summed E-state index contributed by atoms with van der Waals surface area (Å²) in [5.74, 6) is 0.147. The van der Waals surface area contributed by atoms with Crippen LogP contribution in [0.25, 0.3) is 10.9 Å². The minimum atomic E-state index is -0.214. The summed E-state index contributed by atoms with van der Waals surface area (Å²) in [6.45, 7) is 0.330. The van der Waals surface area contributed by atoms with Crippen LogP contribution in [-0.2, 0) is 6.61 Å². The van der Waals surface area contributed by atoms with Gasteiger partial charge in [-0.15, -0.1) is 0 Å². The molecule has 1 heterocycles. The van der Waals surface area contributed by atoms with Crippen molar-refractivity contribution >= 4 is 28.4 Å². The Bertz CT molecular complexity index is 1440. The molecule has 0 aliphatic rings. The highest BCUT2D eigenvalue weighted by Crippen LogP contribution is 2.32. The number of hydrogen-bond donors (Lipinski definition) is 1. The minimum Gasteiger partial charge on any atom is -0.487 e. The van der Waals surface area contributed by atoms with E-state index in [1.807, 2.05) is 78.9 Å². The Morgan fingerprint density at radius 1 is 0.735 bits per heavy atom. The van der Waals surface area contributed by atoms with E-state index < -0.39 is 0 Å². The first-order valence-electron chi connectivity index (χ1n) is 11.0. The SMILES string of the molecule is O=C(Nc1cc(OCc2ccccc2)c2c(ccn2C(=O)c2ccccc2)c1)c1ccccc1. The summed E-state index contributed by atoms with van der Waals surface area (Å²) in [5.41, 5.74) is 3.39. The third kappa shape index (κ3) is 4.45. The molecule has 1 amide bonds. The molecule has 166 valence electrons. The highest BCUT2D eigenvalue weighted by Gasteiger charge is 2.17. The molecule has 1 aromatic heterocycles. The molecule has 5 nitrogen and oxygen atoms in total. The number of carbonyl (C=O) groups excluding carboxylic acids is 2. The van der Waals surface area contributed by atoms with E-state index in [9.17, 15) is 9.59 Å². The van der Waals surface area contributed by atoms with Crippen LogP contribution in [0.3, 0.4) is 0 Å². The Morgan fingerprint density at radius 3 is 2.03 bits per heavy atom. The van der Waals surface area contributed by atoms with Crippen LogP contribution in [0.2, 0.25) is 0 Å². The van der Waals surface area contributed by atoms with Crippen molar-refractivity contribution in [1.82, 2.24) is 4.57 Å². The molecule has 0 bridgehead atoms. The predicted octanol–water partition coefficient (Wildman–Crippen LogP) is 6.16. The van der Waals surface area contributed by atoms with Gasteiger partial charge in [0.25, 0.3) is 11.8 Å². The van der Waals surface area contributed by atoms with Gasteiger partial charge in [-0.3, -0.25) is 14.2 Å². The van der Waals surface area contributed by atoms with Gasteiger partial charge in [-0.2, -0.15) is 0 Å². The fraction of sp³-hybridized carbons (Fsp3) is 0.0345. The van der Waals surface area contributed by atoms with Gasteiger partial charge in [0.2, 0.25) is 0 Å². The molecule has 0 aliphatic heterocycles. The summed E-state index contributed by atoms with van der Waals surface area (Å²) in [4.78, 5) is 26.0. The van der Waals surface area contributed by atoms with Gasteiger partial charge in [0.05, 0.1) is 5.52 Å². The highest BCUT2D eigenvalue weighted by atomic mass is 16.5. The van der Waals surface area contributed by atoms with Gasteiger partial charge in [0.15, 0.2) is 0 Å². The normalized spacial score (nSPS) is 10.7. The number of benzene rings is 4. The molecule has 0 spiro atoms. The van der Waals surface area contributed by atoms with E-state index in [1.54, 1.807) is 41.1 Å². The van der Waals surface area contributed by atoms with Gasteiger partial charge < -0.3 is 10.1 Å². The van der Waals surface area contributed by atoms with E-state index in [-0.39, 0.29) is 11.8 Å². The maximum Gasteiger partial charge on any atom is 0.262 e. The molecular weight excluding hydrogens is 424 g/mol. The topological polar surface area (TPSA) is 60.3 Å². The van der Waals surface area contributed by atoms with E-state index in [1.165, 1.54) is 0 Å². The molecule has 1 N–H and O–H groups in total. The standard InChI is InChI=1S/C29H22N2O3/c32-28(22-12-6-2-7-13-22)30-25-18-24-16-17-31(29(33)23-14-8-3-9-15-23)27(24)26(19-25)34-20-21-10-4-1-5-11-21/h1-19H,20H2,(H,30,32). The Balaban J connectivity index is 1.54. The van der Waals surface area contributed by atoms with Crippen LogP contribution in [0.1, 0.15) is 26.3 Å². The van der Waals surface area contributed by atoms with Crippen LogP contribution in [-0.4, -0.2) is 16.4 Å². The van der Waals surface area contributed by atoms with Crippen molar-refractivity contribution in [3.8, 4) is 5.75 Å². The molecule has 0 fully saturated rings. The van der Waals surface area contributed by atoms with Crippen molar-refractivity contribution in [2.24, 2.45) is 0 Å². The van der Waals surface area contributed by atoms with Crippen molar-refractivity contribution in [2.75, 3.05) is 5.32 Å². The van der Waals surface area contributed by atoms with E-state index in [0.717, 1.165) is 10.9 Å². The number of fused-ring (bicyclic) bond motifs is 1. The number of amides is 1. The smallest absolute Gasteiger partial charge is 0.262 e. The Morgan fingerprint density at radius 2 is 1.35 bits per heavy atom. The van der Waals surface area contributed by atoms with Crippen molar-refractivity contribution in [3.05, 3.63) is 132 Å². The molecule has 0 unspecified atom stereocenters. The number of aromatic nitrogens is 1. The van der Waals surface area contributed by atoms with Gasteiger partial charge in [0.1, 0.15) is 12.4 Å². The lowest BCUT2D eigenvalue weighted by Crippen LogP contribution is -2.13. The Labute approximate surface area is 197 Å². The van der Waals surface area contributed by atoms with Crippen LogP contribution in [0.4, 0.5) is 5.69 Å². The van der Waals surface area contributed by atoms with Gasteiger partial charge in [-0.25, -0.2) is 0 Å². The number of rotatable bonds is 6. The third-order valence-corrected chi connectivity index (χ3v) is 5.52. The monoisotopic (exact) mass is 446 g/mol. The maximum atomic E-state index is 13.2. The number of carbonyl (C=O) groups is 2. The van der Waals surface area contributed by atoms with Crippen molar-refractivity contribution < 1.29 is 14.3 Å². The highest BCUT2D eigenvalue weighted by molar-refractivity contribution is 6.07. The zero-order valence-electron chi connectivity index (χ0n) is 18.3. The molecule has 5 aromatic rings. The molecule has 0 radical (unpaired) electrons. The fourth-order valence-corrected chi connectivity index (χ4v) is 3.84. The summed E-state index contributed by atoms with van der Waals surface area (Å²) in [7, 11) is 0. The van der Waals surface area contributed by atoms with Crippen LogP contribution in [0.5, 0.6) is 5.75 Å². The Kier molecular flexibility index (Phi) is 5.91. The molecule has 34 heavy (non-hydrogen) atoms. The maximum absolute atomic E-state index is 13.2. The molecule has 4 aromatic carbocycles. The second kappa shape index (κ2) is 9.46.